The lowest BCUT2D eigenvalue weighted by molar-refractivity contribution is -0.140. The number of hydrogen-bond donors (Lipinski definition) is 1. The van der Waals surface area contributed by atoms with E-state index >= 15 is 0 Å². The van der Waals surface area contributed by atoms with E-state index in [2.05, 4.69) is 15.3 Å². The predicted octanol–water partition coefficient (Wildman–Crippen LogP) is 0.762. The van der Waals surface area contributed by atoms with Crippen molar-refractivity contribution in [1.82, 2.24) is 19.8 Å². The van der Waals surface area contributed by atoms with Crippen LogP contribution in [-0.2, 0) is 9.53 Å². The van der Waals surface area contributed by atoms with Gasteiger partial charge in [0.15, 0.2) is 0 Å². The number of carbonyl (C=O) groups is 2. The first-order chi connectivity index (χ1) is 12.2. The van der Waals surface area contributed by atoms with E-state index in [1.165, 1.54) is 0 Å². The summed E-state index contributed by atoms with van der Waals surface area (Å²) in [6, 6.07) is 0. The fourth-order valence-corrected chi connectivity index (χ4v) is 3.19. The maximum absolute atomic E-state index is 12.7. The van der Waals surface area contributed by atoms with E-state index in [0.29, 0.717) is 44.3 Å². The van der Waals surface area contributed by atoms with E-state index in [1.807, 2.05) is 11.8 Å². The van der Waals surface area contributed by atoms with Gasteiger partial charge in [-0.3, -0.25) is 9.59 Å². The number of ether oxygens (including phenoxy) is 1. The summed E-state index contributed by atoms with van der Waals surface area (Å²) >= 11 is 0. The summed E-state index contributed by atoms with van der Waals surface area (Å²) in [5, 5.41) is 3.01. The topological polar surface area (TPSA) is 87.7 Å². The summed E-state index contributed by atoms with van der Waals surface area (Å²) in [7, 11) is 0. The summed E-state index contributed by atoms with van der Waals surface area (Å²) in [5.41, 5.74) is 0.473. The van der Waals surface area contributed by atoms with Gasteiger partial charge in [-0.05, 0) is 26.2 Å². The van der Waals surface area contributed by atoms with Crippen LogP contribution in [-0.4, -0.2) is 77.0 Å². The van der Waals surface area contributed by atoms with Crippen LogP contribution < -0.4 is 5.32 Å². The second-order valence-corrected chi connectivity index (χ2v) is 6.30. The molecular formula is C17H25N5O3. The van der Waals surface area contributed by atoms with Crippen LogP contribution in [0.5, 0.6) is 0 Å². The third-order valence-electron chi connectivity index (χ3n) is 4.53. The quantitative estimate of drug-likeness (QED) is 0.865. The Kier molecular flexibility index (Phi) is 5.80. The summed E-state index contributed by atoms with van der Waals surface area (Å²) in [6.07, 6.45) is 5.31. The molecule has 2 fully saturated rings. The van der Waals surface area contributed by atoms with E-state index < -0.39 is 0 Å². The van der Waals surface area contributed by atoms with Gasteiger partial charge in [0.05, 0.1) is 5.56 Å². The number of rotatable bonds is 4. The Morgan fingerprint density at radius 1 is 1.16 bits per heavy atom. The molecule has 0 spiro atoms. The molecule has 136 valence electrons. The Labute approximate surface area is 147 Å². The highest BCUT2D eigenvalue weighted by atomic mass is 16.5. The lowest BCUT2D eigenvalue weighted by Gasteiger charge is -2.24. The molecule has 0 radical (unpaired) electrons. The molecule has 2 saturated heterocycles. The summed E-state index contributed by atoms with van der Waals surface area (Å²) in [5.74, 6) is 0.489. The van der Waals surface area contributed by atoms with Gasteiger partial charge in [0.2, 0.25) is 5.95 Å². The molecule has 1 aromatic heterocycles. The Morgan fingerprint density at radius 2 is 1.88 bits per heavy atom. The Balaban J connectivity index is 1.58. The Morgan fingerprint density at radius 3 is 2.56 bits per heavy atom. The minimum absolute atomic E-state index is 0.0603. The Bertz CT molecular complexity index is 601. The summed E-state index contributed by atoms with van der Waals surface area (Å²) in [6.45, 7) is 5.71. The van der Waals surface area contributed by atoms with Gasteiger partial charge < -0.3 is 19.9 Å². The summed E-state index contributed by atoms with van der Waals surface area (Å²) < 4.78 is 5.49. The second kappa shape index (κ2) is 8.24. The lowest BCUT2D eigenvalue weighted by atomic mass is 10.2. The van der Waals surface area contributed by atoms with Crippen LogP contribution in [0.3, 0.4) is 0 Å². The van der Waals surface area contributed by atoms with Crippen LogP contribution >= 0.6 is 0 Å². The van der Waals surface area contributed by atoms with Crippen LogP contribution in [0.2, 0.25) is 0 Å². The molecule has 0 unspecified atom stereocenters. The number of carbonyl (C=O) groups excluding carboxylic acids is 2. The zero-order valence-corrected chi connectivity index (χ0v) is 14.6. The van der Waals surface area contributed by atoms with Gasteiger partial charge in [0, 0.05) is 51.7 Å². The highest BCUT2D eigenvalue weighted by Gasteiger charge is 2.30. The molecule has 2 amide bonds. The molecule has 8 nitrogen and oxygen atoms in total. The molecule has 0 saturated carbocycles. The van der Waals surface area contributed by atoms with Crippen molar-refractivity contribution in [3.8, 4) is 0 Å². The molecule has 0 bridgehead atoms. The molecule has 3 heterocycles. The van der Waals surface area contributed by atoms with Crippen molar-refractivity contribution in [1.29, 1.82) is 0 Å². The van der Waals surface area contributed by atoms with Crippen molar-refractivity contribution in [2.75, 3.05) is 44.6 Å². The molecule has 25 heavy (non-hydrogen) atoms. The molecule has 2 aliphatic heterocycles. The second-order valence-electron chi connectivity index (χ2n) is 6.30. The third kappa shape index (κ3) is 4.25. The van der Waals surface area contributed by atoms with E-state index in [0.717, 1.165) is 25.8 Å². The standard InChI is InChI=1S/C17H25N5O3/c1-2-18-17-19-11-13(12-20-17)15(23)21-6-4-7-22(9-8-21)16(24)14-5-3-10-25-14/h11-12,14H,2-10H2,1H3,(H,18,19,20)/t14-/m0/s1. The van der Waals surface area contributed by atoms with Crippen LogP contribution in [0.4, 0.5) is 5.95 Å². The fraction of sp³-hybridized carbons (Fsp3) is 0.647. The van der Waals surface area contributed by atoms with Gasteiger partial charge in [0.1, 0.15) is 6.10 Å². The molecule has 0 aliphatic carbocycles. The van der Waals surface area contributed by atoms with Gasteiger partial charge in [0.25, 0.3) is 11.8 Å². The smallest absolute Gasteiger partial charge is 0.257 e. The molecule has 3 rings (SSSR count). The van der Waals surface area contributed by atoms with Crippen molar-refractivity contribution in [3.63, 3.8) is 0 Å². The molecule has 0 aromatic carbocycles. The SMILES string of the molecule is CCNc1ncc(C(=O)N2CCCN(C(=O)[C@@H]3CCCO3)CC2)cn1. The number of nitrogens with one attached hydrogen (secondary N) is 1. The molecule has 1 atom stereocenters. The molecule has 1 N–H and O–H groups in total. The van der Waals surface area contributed by atoms with Crippen molar-refractivity contribution >= 4 is 17.8 Å². The van der Waals surface area contributed by atoms with Crippen molar-refractivity contribution in [3.05, 3.63) is 18.0 Å². The first kappa shape index (κ1) is 17.6. The van der Waals surface area contributed by atoms with Crippen molar-refractivity contribution < 1.29 is 14.3 Å². The van der Waals surface area contributed by atoms with Crippen molar-refractivity contribution in [2.24, 2.45) is 0 Å². The van der Waals surface area contributed by atoms with Crippen molar-refractivity contribution in [2.45, 2.75) is 32.3 Å². The van der Waals surface area contributed by atoms with Crippen LogP contribution in [0.15, 0.2) is 12.4 Å². The average Bonchev–Trinajstić information content (AvgIpc) is 3.06. The maximum Gasteiger partial charge on any atom is 0.257 e. The minimum atomic E-state index is -0.297. The van der Waals surface area contributed by atoms with E-state index in [4.69, 9.17) is 4.74 Å². The zero-order valence-electron chi connectivity index (χ0n) is 14.6. The fourth-order valence-electron chi connectivity index (χ4n) is 3.19. The predicted molar refractivity (Wildman–Crippen MR) is 92.3 cm³/mol. The maximum atomic E-state index is 12.7. The minimum Gasteiger partial charge on any atom is -0.368 e. The normalized spacial score (nSPS) is 21.1. The number of nitrogens with zero attached hydrogens (tertiary/aromatic N) is 4. The molecule has 2 aliphatic rings. The highest BCUT2D eigenvalue weighted by molar-refractivity contribution is 5.93. The van der Waals surface area contributed by atoms with E-state index in [9.17, 15) is 9.59 Å². The molecule has 8 heteroatoms. The van der Waals surface area contributed by atoms with Gasteiger partial charge in [-0.15, -0.1) is 0 Å². The number of hydrogen-bond acceptors (Lipinski definition) is 6. The largest absolute Gasteiger partial charge is 0.368 e. The van der Waals surface area contributed by atoms with E-state index in [1.54, 1.807) is 17.3 Å². The number of amides is 2. The monoisotopic (exact) mass is 347 g/mol. The van der Waals surface area contributed by atoms with Gasteiger partial charge in [-0.1, -0.05) is 0 Å². The zero-order chi connectivity index (χ0) is 17.6. The third-order valence-corrected chi connectivity index (χ3v) is 4.53. The first-order valence-electron chi connectivity index (χ1n) is 8.94. The van der Waals surface area contributed by atoms with E-state index in [-0.39, 0.29) is 17.9 Å². The van der Waals surface area contributed by atoms with Crippen LogP contribution in [0, 0.1) is 0 Å². The van der Waals surface area contributed by atoms with Gasteiger partial charge in [-0.25, -0.2) is 9.97 Å². The van der Waals surface area contributed by atoms with Gasteiger partial charge in [-0.2, -0.15) is 0 Å². The average molecular weight is 347 g/mol. The molecule has 1 aromatic rings. The number of anilines is 1. The van der Waals surface area contributed by atoms with Crippen LogP contribution in [0.1, 0.15) is 36.5 Å². The molecular weight excluding hydrogens is 322 g/mol. The van der Waals surface area contributed by atoms with Crippen LogP contribution in [0.25, 0.3) is 0 Å². The summed E-state index contributed by atoms with van der Waals surface area (Å²) in [4.78, 5) is 37.0. The number of aromatic nitrogens is 2. The van der Waals surface area contributed by atoms with Gasteiger partial charge >= 0.3 is 0 Å². The Hall–Kier alpha value is -2.22. The first-order valence-corrected chi connectivity index (χ1v) is 8.94. The highest BCUT2D eigenvalue weighted by Crippen LogP contribution is 2.16. The lowest BCUT2D eigenvalue weighted by Crippen LogP contribution is -2.41.